The van der Waals surface area contributed by atoms with Crippen molar-refractivity contribution in [2.75, 3.05) is 13.1 Å². The third kappa shape index (κ3) is 1.78. The van der Waals surface area contributed by atoms with E-state index >= 15 is 0 Å². The predicted octanol–water partition coefficient (Wildman–Crippen LogP) is 0.873. The summed E-state index contributed by atoms with van der Waals surface area (Å²) < 4.78 is 31.4. The van der Waals surface area contributed by atoms with E-state index in [1.54, 1.807) is 6.07 Å². The average molecular weight is 242 g/mol. The second-order valence-electron chi connectivity index (χ2n) is 3.71. The van der Waals surface area contributed by atoms with Gasteiger partial charge in [-0.25, -0.2) is 8.42 Å². The molecule has 5 nitrogen and oxygen atoms in total. The molecule has 2 rings (SSSR count). The minimum Gasteiger partial charge on any atom is -0.488 e. The van der Waals surface area contributed by atoms with Crippen LogP contribution < -0.4 is 4.74 Å². The molecule has 0 amide bonds. The van der Waals surface area contributed by atoms with Gasteiger partial charge in [-0.15, -0.1) is 0 Å². The molecule has 1 unspecified atom stereocenters. The SMILES string of the molecule is CCN1CC(C)Oc2ccncc2S1(=O)=O. The minimum atomic E-state index is -3.46. The molecular formula is C10H14N2O3S. The van der Waals surface area contributed by atoms with Crippen molar-refractivity contribution < 1.29 is 13.2 Å². The van der Waals surface area contributed by atoms with Gasteiger partial charge < -0.3 is 4.74 Å². The van der Waals surface area contributed by atoms with Crippen LogP contribution in [0.25, 0.3) is 0 Å². The average Bonchev–Trinajstić information content (AvgIpc) is 2.34. The molecule has 0 saturated carbocycles. The highest BCUT2D eigenvalue weighted by atomic mass is 32.2. The summed E-state index contributed by atoms with van der Waals surface area (Å²) in [6, 6.07) is 1.59. The van der Waals surface area contributed by atoms with E-state index in [1.807, 2.05) is 13.8 Å². The molecule has 1 aromatic rings. The van der Waals surface area contributed by atoms with E-state index in [-0.39, 0.29) is 11.0 Å². The van der Waals surface area contributed by atoms with E-state index in [1.165, 1.54) is 16.7 Å². The fraction of sp³-hybridized carbons (Fsp3) is 0.500. The van der Waals surface area contributed by atoms with E-state index < -0.39 is 10.0 Å². The molecule has 6 heteroatoms. The van der Waals surface area contributed by atoms with Crippen LogP contribution in [0.1, 0.15) is 13.8 Å². The number of sulfonamides is 1. The van der Waals surface area contributed by atoms with Crippen molar-refractivity contribution in [1.29, 1.82) is 0 Å². The summed E-state index contributed by atoms with van der Waals surface area (Å²) in [5, 5.41) is 0. The summed E-state index contributed by atoms with van der Waals surface area (Å²) in [4.78, 5) is 4.00. The molecular weight excluding hydrogens is 228 g/mol. The number of aromatic nitrogens is 1. The molecule has 0 spiro atoms. The third-order valence-electron chi connectivity index (χ3n) is 2.51. The molecule has 1 aliphatic rings. The van der Waals surface area contributed by atoms with E-state index in [9.17, 15) is 8.42 Å². The van der Waals surface area contributed by atoms with Crippen LogP contribution in [-0.2, 0) is 10.0 Å². The molecule has 0 aromatic carbocycles. The molecule has 1 aromatic heterocycles. The smallest absolute Gasteiger partial charge is 0.248 e. The van der Waals surface area contributed by atoms with Crippen molar-refractivity contribution >= 4 is 10.0 Å². The molecule has 0 N–H and O–H groups in total. The number of pyridine rings is 1. The first kappa shape index (κ1) is 11.3. The van der Waals surface area contributed by atoms with Crippen molar-refractivity contribution in [3.63, 3.8) is 0 Å². The van der Waals surface area contributed by atoms with Crippen molar-refractivity contribution in [2.24, 2.45) is 0 Å². The van der Waals surface area contributed by atoms with E-state index in [0.29, 0.717) is 18.8 Å². The summed E-state index contributed by atoms with van der Waals surface area (Å²) in [6.45, 7) is 4.47. The van der Waals surface area contributed by atoms with E-state index in [2.05, 4.69) is 4.98 Å². The van der Waals surface area contributed by atoms with Crippen LogP contribution in [0.4, 0.5) is 0 Å². The van der Waals surface area contributed by atoms with Crippen LogP contribution in [0, 0.1) is 0 Å². The van der Waals surface area contributed by atoms with Crippen LogP contribution >= 0.6 is 0 Å². The van der Waals surface area contributed by atoms with Gasteiger partial charge in [0, 0.05) is 12.7 Å². The summed E-state index contributed by atoms with van der Waals surface area (Å²) in [7, 11) is -3.46. The molecule has 0 bridgehead atoms. The first-order valence-electron chi connectivity index (χ1n) is 5.16. The van der Waals surface area contributed by atoms with Crippen LogP contribution in [-0.4, -0.2) is 36.9 Å². The van der Waals surface area contributed by atoms with Gasteiger partial charge in [-0.2, -0.15) is 4.31 Å². The normalized spacial score (nSPS) is 24.2. The largest absolute Gasteiger partial charge is 0.488 e. The molecule has 88 valence electrons. The topological polar surface area (TPSA) is 59.5 Å². The summed E-state index contributed by atoms with van der Waals surface area (Å²) in [6.07, 6.45) is 2.71. The summed E-state index contributed by atoms with van der Waals surface area (Å²) in [5.41, 5.74) is 0. The molecule has 2 heterocycles. The standard InChI is InChI=1S/C10H14N2O3S/c1-3-12-7-8(2)15-9-4-5-11-6-10(9)16(12,13)14/h4-6,8H,3,7H2,1-2H3. The van der Waals surface area contributed by atoms with Gasteiger partial charge in [-0.1, -0.05) is 6.92 Å². The Kier molecular flexibility index (Phi) is 2.86. The zero-order valence-electron chi connectivity index (χ0n) is 9.25. The Labute approximate surface area is 95.1 Å². The fourth-order valence-corrected chi connectivity index (χ4v) is 3.32. The Morgan fingerprint density at radius 1 is 1.62 bits per heavy atom. The van der Waals surface area contributed by atoms with Gasteiger partial charge in [-0.3, -0.25) is 4.98 Å². The molecule has 0 aliphatic carbocycles. The van der Waals surface area contributed by atoms with Crippen molar-refractivity contribution in [3.8, 4) is 5.75 Å². The van der Waals surface area contributed by atoms with Gasteiger partial charge in [0.05, 0.1) is 12.7 Å². The van der Waals surface area contributed by atoms with Crippen molar-refractivity contribution in [2.45, 2.75) is 24.8 Å². The number of rotatable bonds is 1. The Bertz CT molecular complexity index is 487. The minimum absolute atomic E-state index is 0.154. The Morgan fingerprint density at radius 3 is 3.06 bits per heavy atom. The van der Waals surface area contributed by atoms with Gasteiger partial charge in [0.2, 0.25) is 10.0 Å². The second-order valence-corrected chi connectivity index (χ2v) is 5.61. The maximum atomic E-state index is 12.2. The predicted molar refractivity (Wildman–Crippen MR) is 58.8 cm³/mol. The maximum Gasteiger partial charge on any atom is 0.248 e. The quantitative estimate of drug-likeness (QED) is 0.733. The number of likely N-dealkylation sites (N-methyl/N-ethyl adjacent to an activating group) is 1. The molecule has 0 saturated heterocycles. The van der Waals surface area contributed by atoms with Crippen molar-refractivity contribution in [3.05, 3.63) is 18.5 Å². The summed E-state index contributed by atoms with van der Waals surface area (Å²) >= 11 is 0. The Morgan fingerprint density at radius 2 is 2.38 bits per heavy atom. The molecule has 1 atom stereocenters. The lowest BCUT2D eigenvalue weighted by atomic mass is 10.4. The molecule has 16 heavy (non-hydrogen) atoms. The van der Waals surface area contributed by atoms with Gasteiger partial charge in [-0.05, 0) is 13.0 Å². The van der Waals surface area contributed by atoms with Gasteiger partial charge in [0.25, 0.3) is 0 Å². The zero-order valence-corrected chi connectivity index (χ0v) is 10.1. The monoisotopic (exact) mass is 242 g/mol. The number of hydrogen-bond donors (Lipinski definition) is 0. The number of fused-ring (bicyclic) bond motifs is 1. The molecule has 0 radical (unpaired) electrons. The lowest BCUT2D eigenvalue weighted by Crippen LogP contribution is -2.35. The fourth-order valence-electron chi connectivity index (χ4n) is 1.74. The van der Waals surface area contributed by atoms with E-state index in [0.717, 1.165) is 0 Å². The van der Waals surface area contributed by atoms with Gasteiger partial charge in [0.1, 0.15) is 16.7 Å². The zero-order chi connectivity index (χ0) is 11.8. The number of hydrogen-bond acceptors (Lipinski definition) is 4. The van der Waals surface area contributed by atoms with Gasteiger partial charge >= 0.3 is 0 Å². The lowest BCUT2D eigenvalue weighted by molar-refractivity contribution is 0.193. The first-order valence-corrected chi connectivity index (χ1v) is 6.60. The Balaban J connectivity index is 2.59. The van der Waals surface area contributed by atoms with Crippen LogP contribution in [0.5, 0.6) is 5.75 Å². The van der Waals surface area contributed by atoms with Gasteiger partial charge in [0.15, 0.2) is 0 Å². The highest BCUT2D eigenvalue weighted by Gasteiger charge is 2.32. The number of ether oxygens (including phenoxy) is 1. The van der Waals surface area contributed by atoms with Crippen LogP contribution in [0.3, 0.4) is 0 Å². The highest BCUT2D eigenvalue weighted by Crippen LogP contribution is 2.29. The first-order chi connectivity index (χ1) is 7.55. The van der Waals surface area contributed by atoms with Crippen LogP contribution in [0.15, 0.2) is 23.4 Å². The maximum absolute atomic E-state index is 12.2. The summed E-state index contributed by atoms with van der Waals surface area (Å²) in [5.74, 6) is 0.387. The third-order valence-corrected chi connectivity index (χ3v) is 4.46. The van der Waals surface area contributed by atoms with Crippen LogP contribution in [0.2, 0.25) is 0 Å². The van der Waals surface area contributed by atoms with E-state index in [4.69, 9.17) is 4.74 Å². The lowest BCUT2D eigenvalue weighted by Gasteiger charge is -2.18. The highest BCUT2D eigenvalue weighted by molar-refractivity contribution is 7.89. The second kappa shape index (κ2) is 4.03. The Hall–Kier alpha value is -1.14. The molecule has 1 aliphatic heterocycles. The number of nitrogens with zero attached hydrogens (tertiary/aromatic N) is 2. The van der Waals surface area contributed by atoms with Crippen molar-refractivity contribution in [1.82, 2.24) is 9.29 Å². The molecule has 0 fully saturated rings.